The van der Waals surface area contributed by atoms with Crippen LogP contribution < -0.4 is 10.1 Å². The molecule has 4 aromatic rings. The van der Waals surface area contributed by atoms with E-state index in [0.29, 0.717) is 5.82 Å². The molecule has 1 aromatic heterocycles. The molecule has 0 fully saturated rings. The molecule has 0 unspecified atom stereocenters. The fraction of sp³-hybridized carbons (Fsp3) is 0.130. The van der Waals surface area contributed by atoms with Crippen LogP contribution in [0.1, 0.15) is 11.4 Å². The summed E-state index contributed by atoms with van der Waals surface area (Å²) >= 11 is 0. The summed E-state index contributed by atoms with van der Waals surface area (Å²) in [5, 5.41) is 2.64. The van der Waals surface area contributed by atoms with Gasteiger partial charge in [-0.2, -0.15) is 0 Å². The summed E-state index contributed by atoms with van der Waals surface area (Å²) in [7, 11) is 0. The van der Waals surface area contributed by atoms with E-state index >= 15 is 0 Å². The molecule has 1 amide bonds. The number of aryl methyl sites for hydroxylation is 1. The molecule has 0 atom stereocenters. The number of hydrogen-bond acceptors (Lipinski definition) is 3. The van der Waals surface area contributed by atoms with Gasteiger partial charge in [-0.3, -0.25) is 4.79 Å². The lowest BCUT2D eigenvalue weighted by molar-refractivity contribution is -0.116. The number of imidazole rings is 1. The fourth-order valence-electron chi connectivity index (χ4n) is 3.13. The van der Waals surface area contributed by atoms with E-state index in [2.05, 4.69) is 10.3 Å². The van der Waals surface area contributed by atoms with Gasteiger partial charge in [0.25, 0.3) is 0 Å². The van der Waals surface area contributed by atoms with Crippen LogP contribution in [0.4, 0.5) is 10.1 Å². The van der Waals surface area contributed by atoms with Gasteiger partial charge in [-0.15, -0.1) is 0 Å². The number of carbonyl (C=O) groups is 1. The second-order valence-electron chi connectivity index (χ2n) is 6.74. The van der Waals surface area contributed by atoms with E-state index in [1.807, 2.05) is 54.6 Å². The fourth-order valence-corrected chi connectivity index (χ4v) is 3.13. The lowest BCUT2D eigenvalue weighted by Gasteiger charge is -2.12. The third-order valence-corrected chi connectivity index (χ3v) is 4.55. The van der Waals surface area contributed by atoms with Crippen molar-refractivity contribution in [2.24, 2.45) is 0 Å². The van der Waals surface area contributed by atoms with Gasteiger partial charge >= 0.3 is 0 Å². The number of nitrogens with zero attached hydrogens (tertiary/aromatic N) is 2. The van der Waals surface area contributed by atoms with Crippen LogP contribution in [0.25, 0.3) is 11.0 Å². The second kappa shape index (κ2) is 8.14. The van der Waals surface area contributed by atoms with Crippen LogP contribution >= 0.6 is 0 Å². The first kappa shape index (κ1) is 18.7. The number of aromatic nitrogens is 2. The van der Waals surface area contributed by atoms with E-state index in [-0.39, 0.29) is 24.7 Å². The maximum absolute atomic E-state index is 14.1. The normalized spacial score (nSPS) is 10.8. The van der Waals surface area contributed by atoms with E-state index < -0.39 is 5.82 Å². The zero-order valence-corrected chi connectivity index (χ0v) is 15.9. The van der Waals surface area contributed by atoms with Gasteiger partial charge in [0.15, 0.2) is 0 Å². The summed E-state index contributed by atoms with van der Waals surface area (Å²) in [6.45, 7) is 2.01. The van der Waals surface area contributed by atoms with Crippen molar-refractivity contribution >= 4 is 22.6 Å². The molecule has 1 heterocycles. The summed E-state index contributed by atoms with van der Waals surface area (Å²) in [6, 6.07) is 21.7. The highest BCUT2D eigenvalue weighted by Gasteiger charge is 2.15. The van der Waals surface area contributed by atoms with E-state index in [1.165, 1.54) is 6.07 Å². The highest BCUT2D eigenvalue weighted by Crippen LogP contribution is 2.20. The van der Waals surface area contributed by atoms with Crippen LogP contribution in [0.2, 0.25) is 0 Å². The van der Waals surface area contributed by atoms with Gasteiger partial charge in [0.1, 0.15) is 30.5 Å². The van der Waals surface area contributed by atoms with Crippen LogP contribution in [-0.4, -0.2) is 15.5 Å². The van der Waals surface area contributed by atoms with Crippen molar-refractivity contribution in [1.82, 2.24) is 9.55 Å². The zero-order valence-electron chi connectivity index (χ0n) is 15.9. The molecule has 4 rings (SSSR count). The third kappa shape index (κ3) is 4.27. The van der Waals surface area contributed by atoms with Crippen molar-refractivity contribution in [2.75, 3.05) is 5.32 Å². The highest BCUT2D eigenvalue weighted by atomic mass is 19.1. The number of hydrogen-bond donors (Lipinski definition) is 1. The van der Waals surface area contributed by atoms with Crippen molar-refractivity contribution < 1.29 is 13.9 Å². The number of fused-ring (bicyclic) bond motifs is 1. The van der Waals surface area contributed by atoms with E-state index in [9.17, 15) is 9.18 Å². The van der Waals surface area contributed by atoms with Crippen molar-refractivity contribution in [2.45, 2.75) is 20.1 Å². The molecule has 0 saturated heterocycles. The number of amides is 1. The first-order chi connectivity index (χ1) is 14.1. The van der Waals surface area contributed by atoms with Crippen LogP contribution in [0.15, 0.2) is 72.8 Å². The number of carbonyl (C=O) groups excluding carboxylic acids is 1. The van der Waals surface area contributed by atoms with Crippen LogP contribution in [-0.2, 0) is 17.9 Å². The Balaban J connectivity index is 1.57. The molecular weight excluding hydrogens is 369 g/mol. The molecule has 0 aliphatic carbocycles. The topological polar surface area (TPSA) is 56.2 Å². The Hall–Kier alpha value is -3.67. The molecule has 5 nitrogen and oxygen atoms in total. The van der Waals surface area contributed by atoms with Gasteiger partial charge in [0, 0.05) is 0 Å². The predicted molar refractivity (Wildman–Crippen MR) is 110 cm³/mol. The van der Waals surface area contributed by atoms with Crippen LogP contribution in [0.3, 0.4) is 0 Å². The first-order valence-corrected chi connectivity index (χ1v) is 9.28. The number of para-hydroxylation sites is 3. The largest absolute Gasteiger partial charge is 0.486 e. The number of rotatable bonds is 6. The van der Waals surface area contributed by atoms with Crippen molar-refractivity contribution in [3.63, 3.8) is 0 Å². The van der Waals surface area contributed by atoms with E-state index in [1.54, 1.807) is 23.6 Å². The molecule has 0 saturated carbocycles. The molecule has 0 spiro atoms. The Labute approximate surface area is 167 Å². The molecule has 3 aromatic carbocycles. The lowest BCUT2D eigenvalue weighted by atomic mass is 10.2. The van der Waals surface area contributed by atoms with E-state index in [0.717, 1.165) is 22.3 Å². The minimum absolute atomic E-state index is 0.00130. The summed E-state index contributed by atoms with van der Waals surface area (Å²) in [4.78, 5) is 17.2. The Bertz CT molecular complexity index is 1160. The van der Waals surface area contributed by atoms with E-state index in [4.69, 9.17) is 4.74 Å². The van der Waals surface area contributed by atoms with Crippen molar-refractivity contribution in [1.29, 1.82) is 0 Å². The zero-order chi connectivity index (χ0) is 20.2. The maximum Gasteiger partial charge on any atom is 0.244 e. The van der Waals surface area contributed by atoms with Crippen molar-refractivity contribution in [3.05, 3.63) is 90.0 Å². The smallest absolute Gasteiger partial charge is 0.244 e. The molecule has 0 aliphatic heterocycles. The molecule has 6 heteroatoms. The average molecular weight is 389 g/mol. The summed E-state index contributed by atoms with van der Waals surface area (Å²) in [6.07, 6.45) is 0. The SMILES string of the molecule is Cc1ccc(NC(=O)Cn2c(COc3ccccc3)nc3ccccc32)c(F)c1. The average Bonchev–Trinajstić information content (AvgIpc) is 3.07. The molecule has 29 heavy (non-hydrogen) atoms. The number of nitrogens with one attached hydrogen (secondary N) is 1. The minimum Gasteiger partial charge on any atom is -0.486 e. The van der Waals surface area contributed by atoms with Gasteiger partial charge in [-0.1, -0.05) is 36.4 Å². The highest BCUT2D eigenvalue weighted by molar-refractivity contribution is 5.91. The van der Waals surface area contributed by atoms with Gasteiger partial charge in [0.2, 0.25) is 5.91 Å². The maximum atomic E-state index is 14.1. The molecule has 146 valence electrons. The lowest BCUT2D eigenvalue weighted by Crippen LogP contribution is -2.21. The Morgan fingerprint density at radius 1 is 1.07 bits per heavy atom. The standard InChI is InChI=1S/C23H20FN3O2/c1-16-11-12-19(18(24)13-16)26-23(28)14-27-21-10-6-5-9-20(21)25-22(27)15-29-17-7-3-2-4-8-17/h2-13H,14-15H2,1H3,(H,26,28). The van der Waals surface area contributed by atoms with Gasteiger partial charge in [0.05, 0.1) is 16.7 Å². The van der Waals surface area contributed by atoms with Crippen LogP contribution in [0, 0.1) is 12.7 Å². The Morgan fingerprint density at radius 2 is 1.83 bits per heavy atom. The molecule has 1 N–H and O–H groups in total. The summed E-state index contributed by atoms with van der Waals surface area (Å²) in [5.74, 6) is 0.546. The Kier molecular flexibility index (Phi) is 5.24. The van der Waals surface area contributed by atoms with Gasteiger partial charge < -0.3 is 14.6 Å². The monoisotopic (exact) mass is 389 g/mol. The molecule has 0 radical (unpaired) electrons. The van der Waals surface area contributed by atoms with Gasteiger partial charge in [-0.05, 0) is 48.9 Å². The molecular formula is C23H20FN3O2. The minimum atomic E-state index is -0.457. The van der Waals surface area contributed by atoms with Gasteiger partial charge in [-0.25, -0.2) is 9.37 Å². The quantitative estimate of drug-likeness (QED) is 0.520. The number of anilines is 1. The number of halogens is 1. The Morgan fingerprint density at radius 3 is 2.62 bits per heavy atom. The predicted octanol–water partition coefficient (Wildman–Crippen LogP) is 4.70. The first-order valence-electron chi connectivity index (χ1n) is 9.28. The third-order valence-electron chi connectivity index (χ3n) is 4.55. The van der Waals surface area contributed by atoms with Crippen molar-refractivity contribution in [3.8, 4) is 5.75 Å². The molecule has 0 bridgehead atoms. The number of benzene rings is 3. The summed E-state index contributed by atoms with van der Waals surface area (Å²) in [5.41, 5.74) is 2.54. The summed E-state index contributed by atoms with van der Waals surface area (Å²) < 4.78 is 21.7. The molecule has 0 aliphatic rings. The van der Waals surface area contributed by atoms with Crippen LogP contribution in [0.5, 0.6) is 5.75 Å². The number of ether oxygens (including phenoxy) is 1. The second-order valence-corrected chi connectivity index (χ2v) is 6.74.